The van der Waals surface area contributed by atoms with Crippen LogP contribution < -0.4 is 0 Å². The molecule has 5 heteroatoms. The van der Waals surface area contributed by atoms with Gasteiger partial charge in [0.05, 0.1) is 12.2 Å². The maximum absolute atomic E-state index is 5.57. The van der Waals surface area contributed by atoms with Crippen molar-refractivity contribution in [3.8, 4) is 0 Å². The molecule has 1 aliphatic carbocycles. The van der Waals surface area contributed by atoms with E-state index >= 15 is 0 Å². The van der Waals surface area contributed by atoms with E-state index < -0.39 is 0 Å². The molecule has 0 saturated heterocycles. The van der Waals surface area contributed by atoms with Crippen molar-refractivity contribution >= 4 is 0 Å². The van der Waals surface area contributed by atoms with Gasteiger partial charge in [0.25, 0.3) is 0 Å². The van der Waals surface area contributed by atoms with Crippen LogP contribution in [0.5, 0.6) is 0 Å². The fraction of sp³-hybridized carbons (Fsp3) is 0.867. The summed E-state index contributed by atoms with van der Waals surface area (Å²) in [5.74, 6) is 0.830. The third kappa shape index (κ3) is 3.79. The second kappa shape index (κ2) is 7.74. The molecule has 0 aliphatic heterocycles. The van der Waals surface area contributed by atoms with E-state index in [2.05, 4.69) is 17.2 Å². The Morgan fingerprint density at radius 1 is 1.25 bits per heavy atom. The van der Waals surface area contributed by atoms with E-state index in [4.69, 9.17) is 9.47 Å². The zero-order chi connectivity index (χ0) is 14.4. The number of nitrogens with zero attached hydrogens (tertiary/aromatic N) is 3. The van der Waals surface area contributed by atoms with Crippen molar-refractivity contribution < 1.29 is 9.47 Å². The predicted octanol–water partition coefficient (Wildman–Crippen LogP) is 3.49. The van der Waals surface area contributed by atoms with Crippen LogP contribution in [0.25, 0.3) is 0 Å². The summed E-state index contributed by atoms with van der Waals surface area (Å²) in [6.07, 6.45) is 7.94. The van der Waals surface area contributed by atoms with Crippen LogP contribution in [-0.2, 0) is 9.47 Å². The molecule has 0 aromatic carbocycles. The lowest BCUT2D eigenvalue weighted by molar-refractivity contribution is -0.142. The number of hydrogen-bond acceptors (Lipinski definition) is 4. The van der Waals surface area contributed by atoms with E-state index in [0.29, 0.717) is 19.3 Å². The summed E-state index contributed by atoms with van der Waals surface area (Å²) in [5, 5.41) is 8.54. The summed E-state index contributed by atoms with van der Waals surface area (Å²) in [6.45, 7) is 7.42. The summed E-state index contributed by atoms with van der Waals surface area (Å²) in [6, 6.07) is 0.485. The zero-order valence-electron chi connectivity index (χ0n) is 12.9. The average molecular weight is 281 g/mol. The quantitative estimate of drug-likeness (QED) is 0.718. The number of ether oxygens (including phenoxy) is 2. The number of hydrogen-bond donors (Lipinski definition) is 0. The van der Waals surface area contributed by atoms with Crippen LogP contribution in [0.1, 0.15) is 70.9 Å². The van der Waals surface area contributed by atoms with Crippen molar-refractivity contribution in [3.63, 3.8) is 0 Å². The van der Waals surface area contributed by atoms with E-state index in [9.17, 15) is 0 Å². The number of rotatable bonds is 7. The van der Waals surface area contributed by atoms with E-state index in [-0.39, 0.29) is 6.29 Å². The summed E-state index contributed by atoms with van der Waals surface area (Å²) in [7, 11) is 0. The normalized spacial score (nSPS) is 23.4. The molecule has 20 heavy (non-hydrogen) atoms. The predicted molar refractivity (Wildman–Crippen MR) is 77.3 cm³/mol. The Kier molecular flexibility index (Phi) is 5.98. The molecule has 1 saturated carbocycles. The maximum atomic E-state index is 5.57. The van der Waals surface area contributed by atoms with Gasteiger partial charge in [0.1, 0.15) is 5.69 Å². The van der Waals surface area contributed by atoms with Gasteiger partial charge in [-0.05, 0) is 32.6 Å². The van der Waals surface area contributed by atoms with Crippen LogP contribution in [0.4, 0.5) is 0 Å². The molecule has 0 N–H and O–H groups in total. The minimum atomic E-state index is -0.385. The molecule has 0 spiro atoms. The van der Waals surface area contributed by atoms with E-state index in [1.807, 2.05) is 24.7 Å². The SMILES string of the molecule is CCOC(OCC)c1cn(C2CCCC(CC)C2)nn1. The minimum absolute atomic E-state index is 0.385. The third-order valence-corrected chi connectivity index (χ3v) is 4.11. The first-order valence-corrected chi connectivity index (χ1v) is 7.93. The molecule has 1 aromatic heterocycles. The van der Waals surface area contributed by atoms with Gasteiger partial charge in [0, 0.05) is 13.2 Å². The minimum Gasteiger partial charge on any atom is -0.347 e. The van der Waals surface area contributed by atoms with Gasteiger partial charge in [0.15, 0.2) is 0 Å². The van der Waals surface area contributed by atoms with Gasteiger partial charge in [-0.2, -0.15) is 0 Å². The van der Waals surface area contributed by atoms with Crippen LogP contribution in [0, 0.1) is 5.92 Å². The standard InChI is InChI=1S/C15H27N3O2/c1-4-12-8-7-9-13(10-12)18-11-14(16-17-18)15(19-5-2)20-6-3/h11-13,15H,4-10H2,1-3H3. The second-order valence-electron chi connectivity index (χ2n) is 5.46. The van der Waals surface area contributed by atoms with Gasteiger partial charge in [-0.25, -0.2) is 4.68 Å². The Morgan fingerprint density at radius 3 is 2.65 bits per heavy atom. The van der Waals surface area contributed by atoms with Crippen molar-refractivity contribution in [3.05, 3.63) is 11.9 Å². The molecule has 0 bridgehead atoms. The molecule has 2 rings (SSSR count). The Morgan fingerprint density at radius 2 is 2.00 bits per heavy atom. The van der Waals surface area contributed by atoms with E-state index in [1.165, 1.54) is 32.1 Å². The zero-order valence-corrected chi connectivity index (χ0v) is 12.9. The monoisotopic (exact) mass is 281 g/mol. The summed E-state index contributed by atoms with van der Waals surface area (Å²) >= 11 is 0. The highest BCUT2D eigenvalue weighted by Crippen LogP contribution is 2.34. The lowest BCUT2D eigenvalue weighted by atomic mass is 9.84. The molecule has 1 aromatic rings. The second-order valence-corrected chi connectivity index (χ2v) is 5.46. The lowest BCUT2D eigenvalue weighted by Gasteiger charge is -2.28. The molecular formula is C15H27N3O2. The van der Waals surface area contributed by atoms with Crippen molar-refractivity contribution in [2.45, 2.75) is 65.2 Å². The van der Waals surface area contributed by atoms with Crippen molar-refractivity contribution in [1.82, 2.24) is 15.0 Å². The Hall–Kier alpha value is -0.940. The van der Waals surface area contributed by atoms with Crippen LogP contribution in [0.2, 0.25) is 0 Å². The highest BCUT2D eigenvalue weighted by Gasteiger charge is 2.24. The smallest absolute Gasteiger partial charge is 0.204 e. The molecule has 1 heterocycles. The van der Waals surface area contributed by atoms with Gasteiger partial charge in [-0.3, -0.25) is 0 Å². The Labute approximate surface area is 121 Å². The Bertz CT molecular complexity index is 388. The van der Waals surface area contributed by atoms with Crippen LogP contribution in [0.15, 0.2) is 6.20 Å². The molecule has 2 atom stereocenters. The van der Waals surface area contributed by atoms with Crippen LogP contribution in [0.3, 0.4) is 0 Å². The molecule has 114 valence electrons. The summed E-state index contributed by atoms with van der Waals surface area (Å²) in [4.78, 5) is 0. The van der Waals surface area contributed by atoms with Gasteiger partial charge >= 0.3 is 0 Å². The molecule has 1 fully saturated rings. The fourth-order valence-corrected chi connectivity index (χ4v) is 2.97. The Balaban J connectivity index is 2.03. The average Bonchev–Trinajstić information content (AvgIpc) is 2.97. The summed E-state index contributed by atoms with van der Waals surface area (Å²) < 4.78 is 13.2. The molecule has 0 amide bonds. The maximum Gasteiger partial charge on any atom is 0.204 e. The van der Waals surface area contributed by atoms with Gasteiger partial charge < -0.3 is 9.47 Å². The lowest BCUT2D eigenvalue weighted by Crippen LogP contribution is -2.19. The van der Waals surface area contributed by atoms with Gasteiger partial charge in [0.2, 0.25) is 6.29 Å². The van der Waals surface area contributed by atoms with Crippen molar-refractivity contribution in [1.29, 1.82) is 0 Å². The number of aromatic nitrogens is 3. The van der Waals surface area contributed by atoms with Crippen LogP contribution in [-0.4, -0.2) is 28.2 Å². The van der Waals surface area contributed by atoms with Crippen molar-refractivity contribution in [2.75, 3.05) is 13.2 Å². The van der Waals surface area contributed by atoms with Crippen molar-refractivity contribution in [2.24, 2.45) is 5.92 Å². The molecule has 2 unspecified atom stereocenters. The molecule has 5 nitrogen and oxygen atoms in total. The van der Waals surface area contributed by atoms with Gasteiger partial charge in [-0.1, -0.05) is 31.4 Å². The summed E-state index contributed by atoms with van der Waals surface area (Å²) in [5.41, 5.74) is 0.785. The third-order valence-electron chi connectivity index (χ3n) is 4.11. The highest BCUT2D eigenvalue weighted by molar-refractivity contribution is 4.96. The van der Waals surface area contributed by atoms with Crippen LogP contribution >= 0.6 is 0 Å². The fourth-order valence-electron chi connectivity index (χ4n) is 2.97. The first-order valence-electron chi connectivity index (χ1n) is 7.93. The first-order chi connectivity index (χ1) is 9.78. The van der Waals surface area contributed by atoms with Gasteiger partial charge in [-0.15, -0.1) is 5.10 Å². The molecule has 1 aliphatic rings. The molecular weight excluding hydrogens is 254 g/mol. The molecule has 0 radical (unpaired) electrons. The van der Waals surface area contributed by atoms with E-state index in [0.717, 1.165) is 11.6 Å². The first kappa shape index (κ1) is 15.4. The highest BCUT2D eigenvalue weighted by atomic mass is 16.7. The topological polar surface area (TPSA) is 49.2 Å². The largest absolute Gasteiger partial charge is 0.347 e. The van der Waals surface area contributed by atoms with E-state index in [1.54, 1.807) is 0 Å².